The molecular weight excluding hydrogens is 371 g/mol. The van der Waals surface area contributed by atoms with Crippen molar-refractivity contribution in [3.05, 3.63) is 58.9 Å². The minimum Gasteiger partial charge on any atom is -0.493 e. The van der Waals surface area contributed by atoms with E-state index in [1.807, 2.05) is 31.2 Å². The summed E-state index contributed by atoms with van der Waals surface area (Å²) in [5.41, 5.74) is 0.943. The lowest BCUT2D eigenvalue weighted by Gasteiger charge is -2.18. The highest BCUT2D eigenvalue weighted by Crippen LogP contribution is 2.46. The van der Waals surface area contributed by atoms with E-state index in [-0.39, 0.29) is 22.8 Å². The molecule has 3 rings (SSSR count). The maximum Gasteiger partial charge on any atom is 0.303 e. The molecule has 1 fully saturated rings. The van der Waals surface area contributed by atoms with Gasteiger partial charge in [-0.2, -0.15) is 0 Å². The fourth-order valence-electron chi connectivity index (χ4n) is 2.82. The van der Waals surface area contributed by atoms with Crippen LogP contribution in [0.4, 0.5) is 4.39 Å². The summed E-state index contributed by atoms with van der Waals surface area (Å²) in [6, 6.07) is 11.9. The molecule has 4 nitrogen and oxygen atoms in total. The minimum atomic E-state index is -0.805. The van der Waals surface area contributed by atoms with Gasteiger partial charge in [0, 0.05) is 11.5 Å². The van der Waals surface area contributed by atoms with Crippen LogP contribution in [0, 0.1) is 11.2 Å². The summed E-state index contributed by atoms with van der Waals surface area (Å²) in [7, 11) is 0. The molecule has 1 saturated carbocycles. The molecule has 2 aromatic carbocycles. The zero-order valence-electron chi connectivity index (χ0n) is 15.1. The van der Waals surface area contributed by atoms with Crippen molar-refractivity contribution in [2.75, 3.05) is 13.2 Å². The Hall–Kier alpha value is -2.27. The van der Waals surface area contributed by atoms with Crippen molar-refractivity contribution in [3.8, 4) is 11.5 Å². The third-order valence-electron chi connectivity index (χ3n) is 4.87. The third-order valence-corrected chi connectivity index (χ3v) is 5.16. The largest absolute Gasteiger partial charge is 0.493 e. The fraction of sp³-hybridized carbons (Fsp3) is 0.381. The number of benzene rings is 2. The average Bonchev–Trinajstić information content (AvgIpc) is 3.41. The summed E-state index contributed by atoms with van der Waals surface area (Å²) in [5.74, 6) is -0.0142. The van der Waals surface area contributed by atoms with Gasteiger partial charge in [0.2, 0.25) is 0 Å². The summed E-state index contributed by atoms with van der Waals surface area (Å²) in [4.78, 5) is 10.8. The quantitative estimate of drug-likeness (QED) is 0.629. The molecular formula is C21H22ClFO4. The summed E-state index contributed by atoms with van der Waals surface area (Å²) >= 11 is 5.77. The lowest BCUT2D eigenvalue weighted by atomic mass is 9.98. The van der Waals surface area contributed by atoms with Gasteiger partial charge in [0.15, 0.2) is 0 Å². The smallest absolute Gasteiger partial charge is 0.303 e. The summed E-state index contributed by atoms with van der Waals surface area (Å²) in [5, 5.41) is 8.93. The van der Waals surface area contributed by atoms with Crippen molar-refractivity contribution in [1.29, 1.82) is 0 Å². The number of hydrogen-bond acceptors (Lipinski definition) is 3. The highest BCUT2D eigenvalue weighted by molar-refractivity contribution is 6.30. The molecule has 1 atom stereocenters. The van der Waals surface area contributed by atoms with Crippen molar-refractivity contribution in [3.63, 3.8) is 0 Å². The van der Waals surface area contributed by atoms with Crippen molar-refractivity contribution in [2.45, 2.75) is 32.1 Å². The van der Waals surface area contributed by atoms with Gasteiger partial charge in [0.1, 0.15) is 17.3 Å². The second-order valence-electron chi connectivity index (χ2n) is 7.22. The van der Waals surface area contributed by atoms with Gasteiger partial charge in [-0.05, 0) is 48.6 Å². The third kappa shape index (κ3) is 5.36. The van der Waals surface area contributed by atoms with E-state index in [1.165, 1.54) is 12.1 Å². The Morgan fingerprint density at radius 3 is 2.30 bits per heavy atom. The lowest BCUT2D eigenvalue weighted by Crippen LogP contribution is -2.21. The average molecular weight is 393 g/mol. The van der Waals surface area contributed by atoms with Gasteiger partial charge >= 0.3 is 5.97 Å². The van der Waals surface area contributed by atoms with Crippen LogP contribution >= 0.6 is 11.6 Å². The van der Waals surface area contributed by atoms with Crippen molar-refractivity contribution < 1.29 is 23.8 Å². The van der Waals surface area contributed by atoms with Gasteiger partial charge < -0.3 is 14.6 Å². The molecule has 0 bridgehead atoms. The van der Waals surface area contributed by atoms with Crippen LogP contribution in [-0.2, 0) is 4.79 Å². The highest BCUT2D eigenvalue weighted by atomic mass is 35.5. The number of ether oxygens (including phenoxy) is 2. The first kappa shape index (κ1) is 19.5. The van der Waals surface area contributed by atoms with Gasteiger partial charge in [-0.15, -0.1) is 0 Å². The molecule has 0 aliphatic heterocycles. The van der Waals surface area contributed by atoms with Crippen LogP contribution in [0.3, 0.4) is 0 Å². The normalized spacial score (nSPS) is 15.8. The molecule has 1 unspecified atom stereocenters. The van der Waals surface area contributed by atoms with E-state index in [4.69, 9.17) is 26.2 Å². The zero-order chi connectivity index (χ0) is 19.4. The monoisotopic (exact) mass is 392 g/mol. The van der Waals surface area contributed by atoms with Crippen molar-refractivity contribution in [2.24, 2.45) is 5.41 Å². The highest BCUT2D eigenvalue weighted by Gasteiger charge is 2.44. The van der Waals surface area contributed by atoms with Gasteiger partial charge in [0.25, 0.3) is 0 Å². The second kappa shape index (κ2) is 8.17. The first-order valence-corrected chi connectivity index (χ1v) is 9.27. The van der Waals surface area contributed by atoms with E-state index in [0.717, 1.165) is 24.2 Å². The molecule has 144 valence electrons. The molecule has 0 aromatic heterocycles. The Labute approximate surface area is 162 Å². The zero-order valence-corrected chi connectivity index (χ0v) is 15.8. The topological polar surface area (TPSA) is 55.8 Å². The maximum atomic E-state index is 13.2. The Kier molecular flexibility index (Phi) is 5.90. The molecule has 0 heterocycles. The predicted octanol–water partition coefficient (Wildman–Crippen LogP) is 5.30. The van der Waals surface area contributed by atoms with E-state index < -0.39 is 11.8 Å². The van der Waals surface area contributed by atoms with E-state index >= 15 is 0 Å². The molecule has 1 N–H and O–H groups in total. The SMILES string of the molecule is CC(CC(=O)O)c1ccc(OCC2(COc3ccc(F)c(Cl)c3)CC2)cc1. The first-order chi connectivity index (χ1) is 12.9. The molecule has 0 radical (unpaired) electrons. The molecule has 0 saturated heterocycles. The molecule has 0 amide bonds. The first-order valence-electron chi connectivity index (χ1n) is 8.89. The minimum absolute atomic E-state index is 0.0316. The van der Waals surface area contributed by atoms with E-state index in [2.05, 4.69) is 0 Å². The predicted molar refractivity (Wildman–Crippen MR) is 101 cm³/mol. The fourth-order valence-corrected chi connectivity index (χ4v) is 2.99. The Bertz CT molecular complexity index is 802. The van der Waals surface area contributed by atoms with Crippen LogP contribution in [0.2, 0.25) is 5.02 Å². The standard InChI is InChI=1S/C21H22ClFO4/c1-14(10-20(24)25)15-2-4-16(5-3-15)26-12-21(8-9-21)13-27-17-6-7-19(23)18(22)11-17/h2-7,11,14H,8-10,12-13H2,1H3,(H,24,25). The van der Waals surface area contributed by atoms with E-state index in [0.29, 0.717) is 19.0 Å². The summed E-state index contributed by atoms with van der Waals surface area (Å²) in [6.07, 6.45) is 2.12. The number of aliphatic carboxylic acids is 1. The van der Waals surface area contributed by atoms with Crippen LogP contribution in [0.15, 0.2) is 42.5 Å². The van der Waals surface area contributed by atoms with Crippen LogP contribution in [0.1, 0.15) is 37.7 Å². The van der Waals surface area contributed by atoms with E-state index in [9.17, 15) is 9.18 Å². The number of carbonyl (C=O) groups is 1. The number of halogens is 2. The second-order valence-corrected chi connectivity index (χ2v) is 7.63. The Morgan fingerprint density at radius 1 is 1.15 bits per heavy atom. The van der Waals surface area contributed by atoms with Gasteiger partial charge in [-0.3, -0.25) is 4.79 Å². The number of carboxylic acids is 1. The van der Waals surface area contributed by atoms with Crippen LogP contribution < -0.4 is 9.47 Å². The van der Waals surface area contributed by atoms with Gasteiger partial charge in [-0.1, -0.05) is 30.7 Å². The van der Waals surface area contributed by atoms with Gasteiger partial charge in [-0.25, -0.2) is 4.39 Å². The number of rotatable bonds is 9. The van der Waals surface area contributed by atoms with Crippen molar-refractivity contribution in [1.82, 2.24) is 0 Å². The molecule has 0 spiro atoms. The van der Waals surface area contributed by atoms with E-state index in [1.54, 1.807) is 6.07 Å². The van der Waals surface area contributed by atoms with Crippen LogP contribution in [0.5, 0.6) is 11.5 Å². The van der Waals surface area contributed by atoms with Crippen molar-refractivity contribution >= 4 is 17.6 Å². The molecule has 27 heavy (non-hydrogen) atoms. The summed E-state index contributed by atoms with van der Waals surface area (Å²) in [6.45, 7) is 2.91. The van der Waals surface area contributed by atoms with Gasteiger partial charge in [0.05, 0.1) is 24.7 Å². The molecule has 1 aliphatic carbocycles. The molecule has 6 heteroatoms. The molecule has 2 aromatic rings. The molecule has 1 aliphatic rings. The Morgan fingerprint density at radius 2 is 1.74 bits per heavy atom. The Balaban J connectivity index is 1.50. The maximum absolute atomic E-state index is 13.2. The van der Waals surface area contributed by atoms with Crippen LogP contribution in [-0.4, -0.2) is 24.3 Å². The number of hydrogen-bond donors (Lipinski definition) is 1. The van der Waals surface area contributed by atoms with Crippen LogP contribution in [0.25, 0.3) is 0 Å². The lowest BCUT2D eigenvalue weighted by molar-refractivity contribution is -0.137. The number of carboxylic acid groups (broad SMARTS) is 1. The summed E-state index contributed by atoms with van der Waals surface area (Å²) < 4.78 is 24.9.